The molecule has 0 aromatic carbocycles. The van der Waals surface area contributed by atoms with Gasteiger partial charge in [-0.25, -0.2) is 4.79 Å². The lowest BCUT2D eigenvalue weighted by Gasteiger charge is -2.20. The minimum atomic E-state index is -1.44. The van der Waals surface area contributed by atoms with E-state index in [0.717, 1.165) is 6.42 Å². The number of aliphatic hydroxyl groups excluding tert-OH is 1. The van der Waals surface area contributed by atoms with E-state index in [1.807, 2.05) is 13.8 Å². The predicted octanol–water partition coefficient (Wildman–Crippen LogP) is -0.195. The molecule has 11 heavy (non-hydrogen) atoms. The zero-order valence-corrected chi connectivity index (χ0v) is 6.82. The maximum absolute atomic E-state index is 10.2. The van der Waals surface area contributed by atoms with Gasteiger partial charge < -0.3 is 15.9 Å². The minimum absolute atomic E-state index is 0.0288. The van der Waals surface area contributed by atoms with Gasteiger partial charge in [-0.2, -0.15) is 0 Å². The number of nitrogens with two attached hydrogens (primary N) is 1. The number of rotatable bonds is 4. The summed E-state index contributed by atoms with van der Waals surface area (Å²) in [5.74, 6) is -1.22. The largest absolute Gasteiger partial charge is 0.479 e. The van der Waals surface area contributed by atoms with E-state index in [9.17, 15) is 4.79 Å². The Balaban J connectivity index is 4.00. The Labute approximate surface area is 66.0 Å². The summed E-state index contributed by atoms with van der Waals surface area (Å²) >= 11 is 0. The van der Waals surface area contributed by atoms with Crippen molar-refractivity contribution in [2.24, 2.45) is 11.7 Å². The summed E-state index contributed by atoms with van der Waals surface area (Å²) in [7, 11) is 0. The third-order valence-corrected chi connectivity index (χ3v) is 1.92. The van der Waals surface area contributed by atoms with Crippen molar-refractivity contribution in [1.29, 1.82) is 0 Å². The standard InChI is InChI=1S/C7H15NO3/c1-3-4(2)5(8)6(9)7(10)11/h4-6,9H,3,8H2,1-2H3,(H,10,11)/t4?,5-,6?/m0/s1. The Morgan fingerprint density at radius 3 is 2.36 bits per heavy atom. The molecule has 0 amide bonds. The van der Waals surface area contributed by atoms with Crippen LogP contribution in [0, 0.1) is 5.92 Å². The Morgan fingerprint density at radius 2 is 2.09 bits per heavy atom. The molecule has 0 saturated heterocycles. The summed E-state index contributed by atoms with van der Waals surface area (Å²) in [5, 5.41) is 17.3. The second kappa shape index (κ2) is 4.31. The van der Waals surface area contributed by atoms with E-state index < -0.39 is 18.1 Å². The molecule has 0 aliphatic heterocycles. The quantitative estimate of drug-likeness (QED) is 0.533. The molecule has 0 saturated carbocycles. The lowest BCUT2D eigenvalue weighted by molar-refractivity contribution is -0.148. The molecule has 0 radical (unpaired) electrons. The van der Waals surface area contributed by atoms with E-state index in [2.05, 4.69) is 0 Å². The molecule has 4 N–H and O–H groups in total. The summed E-state index contributed by atoms with van der Waals surface area (Å²) in [6.45, 7) is 3.72. The first kappa shape index (κ1) is 10.4. The van der Waals surface area contributed by atoms with E-state index in [1.54, 1.807) is 0 Å². The second-order valence-corrected chi connectivity index (χ2v) is 2.75. The number of aliphatic carboxylic acids is 1. The molecule has 0 aliphatic rings. The van der Waals surface area contributed by atoms with Crippen molar-refractivity contribution in [2.75, 3.05) is 0 Å². The van der Waals surface area contributed by atoms with Crippen LogP contribution in [0.4, 0.5) is 0 Å². The highest BCUT2D eigenvalue weighted by molar-refractivity contribution is 5.72. The summed E-state index contributed by atoms with van der Waals surface area (Å²) < 4.78 is 0. The van der Waals surface area contributed by atoms with Crippen LogP contribution in [0.2, 0.25) is 0 Å². The van der Waals surface area contributed by atoms with Crippen LogP contribution < -0.4 is 5.73 Å². The molecular weight excluding hydrogens is 146 g/mol. The zero-order chi connectivity index (χ0) is 9.02. The third kappa shape index (κ3) is 2.86. The molecule has 0 aromatic heterocycles. The van der Waals surface area contributed by atoms with Crippen molar-refractivity contribution in [3.63, 3.8) is 0 Å². The van der Waals surface area contributed by atoms with Crippen LogP contribution in [0.25, 0.3) is 0 Å². The number of carbonyl (C=O) groups is 1. The van der Waals surface area contributed by atoms with Crippen LogP contribution in [0.1, 0.15) is 20.3 Å². The van der Waals surface area contributed by atoms with Crippen LogP contribution in [0.3, 0.4) is 0 Å². The van der Waals surface area contributed by atoms with Gasteiger partial charge in [0.2, 0.25) is 0 Å². The van der Waals surface area contributed by atoms with Crippen LogP contribution in [-0.4, -0.2) is 28.3 Å². The van der Waals surface area contributed by atoms with E-state index in [0.29, 0.717) is 0 Å². The molecule has 0 bridgehead atoms. The van der Waals surface area contributed by atoms with E-state index in [-0.39, 0.29) is 5.92 Å². The first-order chi connectivity index (χ1) is 5.00. The number of carboxylic acids is 1. The molecule has 66 valence electrons. The molecule has 3 atom stereocenters. The van der Waals surface area contributed by atoms with Crippen LogP contribution in [0.5, 0.6) is 0 Å². The monoisotopic (exact) mass is 161 g/mol. The van der Waals surface area contributed by atoms with E-state index in [4.69, 9.17) is 15.9 Å². The summed E-state index contributed by atoms with van der Waals surface area (Å²) in [6.07, 6.45) is -0.671. The lowest BCUT2D eigenvalue weighted by Crippen LogP contribution is -2.44. The van der Waals surface area contributed by atoms with Crippen molar-refractivity contribution >= 4 is 5.97 Å². The maximum atomic E-state index is 10.2. The first-order valence-corrected chi connectivity index (χ1v) is 3.67. The molecule has 2 unspecified atom stereocenters. The Morgan fingerprint density at radius 1 is 1.64 bits per heavy atom. The Bertz CT molecular complexity index is 138. The first-order valence-electron chi connectivity index (χ1n) is 3.67. The molecule has 0 heterocycles. The van der Waals surface area contributed by atoms with Gasteiger partial charge in [0.1, 0.15) is 0 Å². The van der Waals surface area contributed by atoms with Gasteiger partial charge in [-0.15, -0.1) is 0 Å². The molecular formula is C7H15NO3. The highest BCUT2D eigenvalue weighted by atomic mass is 16.4. The fourth-order valence-corrected chi connectivity index (χ4v) is 0.748. The second-order valence-electron chi connectivity index (χ2n) is 2.75. The SMILES string of the molecule is CCC(C)[C@H](N)C(O)C(=O)O. The topological polar surface area (TPSA) is 83.5 Å². The Hall–Kier alpha value is -0.610. The van der Waals surface area contributed by atoms with Gasteiger partial charge >= 0.3 is 5.97 Å². The normalized spacial score (nSPS) is 18.9. The van der Waals surface area contributed by atoms with Crippen LogP contribution in [0.15, 0.2) is 0 Å². The van der Waals surface area contributed by atoms with Crippen molar-refractivity contribution in [3.05, 3.63) is 0 Å². The van der Waals surface area contributed by atoms with Gasteiger partial charge in [0.15, 0.2) is 6.10 Å². The molecule has 4 heteroatoms. The van der Waals surface area contributed by atoms with Crippen molar-refractivity contribution in [2.45, 2.75) is 32.4 Å². The number of carboxylic acid groups (broad SMARTS) is 1. The average molecular weight is 161 g/mol. The average Bonchev–Trinajstić information content (AvgIpc) is 2.00. The third-order valence-electron chi connectivity index (χ3n) is 1.92. The van der Waals surface area contributed by atoms with Crippen LogP contribution >= 0.6 is 0 Å². The van der Waals surface area contributed by atoms with Crippen LogP contribution in [-0.2, 0) is 4.79 Å². The van der Waals surface area contributed by atoms with Gasteiger partial charge in [0.25, 0.3) is 0 Å². The van der Waals surface area contributed by atoms with Gasteiger partial charge in [-0.1, -0.05) is 20.3 Å². The molecule has 0 aromatic rings. The number of hydrogen-bond acceptors (Lipinski definition) is 3. The highest BCUT2D eigenvalue weighted by Crippen LogP contribution is 2.08. The fraction of sp³-hybridized carbons (Fsp3) is 0.857. The van der Waals surface area contributed by atoms with Crippen molar-refractivity contribution < 1.29 is 15.0 Å². The molecule has 0 spiro atoms. The summed E-state index contributed by atoms with van der Waals surface area (Å²) in [4.78, 5) is 10.2. The van der Waals surface area contributed by atoms with Crippen molar-refractivity contribution in [1.82, 2.24) is 0 Å². The van der Waals surface area contributed by atoms with Crippen molar-refractivity contribution in [3.8, 4) is 0 Å². The molecule has 0 fully saturated rings. The van der Waals surface area contributed by atoms with Gasteiger partial charge in [0, 0.05) is 6.04 Å². The van der Waals surface area contributed by atoms with Gasteiger partial charge in [-0.3, -0.25) is 0 Å². The summed E-state index contributed by atoms with van der Waals surface area (Å²) in [6, 6.07) is -0.669. The summed E-state index contributed by atoms with van der Waals surface area (Å²) in [5.41, 5.74) is 5.44. The molecule has 0 rings (SSSR count). The van der Waals surface area contributed by atoms with E-state index >= 15 is 0 Å². The predicted molar refractivity (Wildman–Crippen MR) is 41.1 cm³/mol. The van der Waals surface area contributed by atoms with Gasteiger partial charge in [0.05, 0.1) is 0 Å². The maximum Gasteiger partial charge on any atom is 0.334 e. The molecule has 4 nitrogen and oxygen atoms in total. The van der Waals surface area contributed by atoms with E-state index in [1.165, 1.54) is 0 Å². The zero-order valence-electron chi connectivity index (χ0n) is 6.82. The number of aliphatic hydroxyl groups is 1. The molecule has 0 aliphatic carbocycles. The lowest BCUT2D eigenvalue weighted by atomic mass is 9.95. The Kier molecular flexibility index (Phi) is 4.07. The number of hydrogen-bond donors (Lipinski definition) is 3. The minimum Gasteiger partial charge on any atom is -0.479 e. The smallest absolute Gasteiger partial charge is 0.334 e. The fourth-order valence-electron chi connectivity index (χ4n) is 0.748. The highest BCUT2D eigenvalue weighted by Gasteiger charge is 2.25. The van der Waals surface area contributed by atoms with Gasteiger partial charge in [-0.05, 0) is 5.92 Å².